The van der Waals surface area contributed by atoms with Gasteiger partial charge < -0.3 is 5.32 Å². The fraction of sp³-hybridized carbons (Fsp3) is 0.429. The summed E-state index contributed by atoms with van der Waals surface area (Å²) < 4.78 is 121. The van der Waals surface area contributed by atoms with Crippen molar-refractivity contribution in [1.29, 1.82) is 0 Å². The summed E-state index contributed by atoms with van der Waals surface area (Å²) in [6.07, 6.45) is -12.3. The molecule has 2 aromatic rings. The standard InChI is InChI=1S/C21H17BrF7NO2S/c22-14-3-5-15(6-4-14)33(31,32)18-9-10-30-17(18)8-1-12-11-13(2-7-16(12)18)19(23,20(24,25)26)21(27,28)29/h2-7,11,17,30H,1,8-10H2. The zero-order valence-corrected chi connectivity index (χ0v) is 19.1. The number of sulfone groups is 1. The number of fused-ring (bicyclic) bond motifs is 3. The molecule has 0 saturated carbocycles. The molecule has 4 rings (SSSR count). The van der Waals surface area contributed by atoms with Crippen LogP contribution in [0.5, 0.6) is 0 Å². The molecule has 3 nitrogen and oxygen atoms in total. The molecular weight excluding hydrogens is 543 g/mol. The third-order valence-corrected chi connectivity index (χ3v) is 9.59. The molecule has 1 heterocycles. The fourth-order valence-electron chi connectivity index (χ4n) is 4.93. The summed E-state index contributed by atoms with van der Waals surface area (Å²) >= 11 is 3.22. The lowest BCUT2D eigenvalue weighted by Gasteiger charge is -2.41. The molecule has 1 N–H and O–H groups in total. The molecule has 180 valence electrons. The summed E-state index contributed by atoms with van der Waals surface area (Å²) in [7, 11) is -4.12. The van der Waals surface area contributed by atoms with E-state index in [1.54, 1.807) is 0 Å². The molecule has 1 fully saturated rings. The van der Waals surface area contributed by atoms with Crippen molar-refractivity contribution in [2.45, 2.75) is 53.0 Å². The van der Waals surface area contributed by atoms with Crippen molar-refractivity contribution in [3.8, 4) is 0 Å². The number of nitrogens with one attached hydrogen (secondary N) is 1. The summed E-state index contributed by atoms with van der Waals surface area (Å²) in [5.74, 6) is 0. The normalized spacial score (nSPS) is 23.8. The predicted molar refractivity (Wildman–Crippen MR) is 109 cm³/mol. The minimum absolute atomic E-state index is 0.00421. The van der Waals surface area contributed by atoms with Gasteiger partial charge in [-0.05, 0) is 61.2 Å². The number of hydrogen-bond donors (Lipinski definition) is 1. The van der Waals surface area contributed by atoms with Crippen LogP contribution in [-0.2, 0) is 26.7 Å². The molecule has 2 unspecified atom stereocenters. The predicted octanol–water partition coefficient (Wildman–Crippen LogP) is 5.72. The minimum Gasteiger partial charge on any atom is -0.312 e. The van der Waals surface area contributed by atoms with E-state index in [0.717, 1.165) is 6.07 Å². The van der Waals surface area contributed by atoms with Crippen LogP contribution >= 0.6 is 15.9 Å². The number of halogens is 8. The van der Waals surface area contributed by atoms with Gasteiger partial charge in [0.2, 0.25) is 0 Å². The van der Waals surface area contributed by atoms with Crippen LogP contribution in [0.3, 0.4) is 0 Å². The highest BCUT2D eigenvalue weighted by molar-refractivity contribution is 9.10. The first-order chi connectivity index (χ1) is 15.2. The maximum Gasteiger partial charge on any atom is 0.435 e. The Morgan fingerprint density at radius 1 is 0.939 bits per heavy atom. The zero-order chi connectivity index (χ0) is 24.4. The molecule has 1 aliphatic carbocycles. The zero-order valence-electron chi connectivity index (χ0n) is 16.7. The SMILES string of the molecule is O=S(=O)(c1ccc(Br)cc1)C12CCNC1CCc1cc(C(F)(C(F)(F)F)C(F)(F)F)ccc12. The molecule has 0 spiro atoms. The summed E-state index contributed by atoms with van der Waals surface area (Å²) in [4.78, 5) is -0.0262. The van der Waals surface area contributed by atoms with Crippen LogP contribution in [0.1, 0.15) is 29.5 Å². The summed E-state index contributed by atoms with van der Waals surface area (Å²) in [6, 6.07) is 7.05. The Balaban J connectivity index is 1.92. The number of benzene rings is 2. The Kier molecular flexibility index (Phi) is 5.69. The van der Waals surface area contributed by atoms with Crippen molar-refractivity contribution in [2.24, 2.45) is 0 Å². The Labute approximate surface area is 193 Å². The van der Waals surface area contributed by atoms with Crippen molar-refractivity contribution in [3.05, 3.63) is 63.6 Å². The Hall–Kier alpha value is -1.66. The lowest BCUT2D eigenvalue weighted by Crippen LogP contribution is -2.51. The van der Waals surface area contributed by atoms with Gasteiger partial charge in [-0.3, -0.25) is 0 Å². The molecule has 0 bridgehead atoms. The van der Waals surface area contributed by atoms with Crippen molar-refractivity contribution < 1.29 is 39.2 Å². The Morgan fingerprint density at radius 3 is 2.12 bits per heavy atom. The molecule has 12 heteroatoms. The first kappa shape index (κ1) is 24.5. The van der Waals surface area contributed by atoms with Crippen molar-refractivity contribution >= 4 is 25.8 Å². The molecule has 1 saturated heterocycles. The maximum atomic E-state index is 14.6. The topological polar surface area (TPSA) is 46.2 Å². The van der Waals surface area contributed by atoms with Crippen LogP contribution in [0.25, 0.3) is 0 Å². The number of rotatable bonds is 3. The van der Waals surface area contributed by atoms with Gasteiger partial charge in [-0.25, -0.2) is 12.8 Å². The van der Waals surface area contributed by atoms with Crippen molar-refractivity contribution in [3.63, 3.8) is 0 Å². The van der Waals surface area contributed by atoms with E-state index in [9.17, 15) is 39.2 Å². The first-order valence-electron chi connectivity index (χ1n) is 9.86. The highest BCUT2D eigenvalue weighted by atomic mass is 79.9. The van der Waals surface area contributed by atoms with Gasteiger partial charge in [-0.1, -0.05) is 34.1 Å². The second-order valence-electron chi connectivity index (χ2n) is 8.17. The molecule has 0 aromatic heterocycles. The minimum atomic E-state index is -6.24. The fourth-order valence-corrected chi connectivity index (χ4v) is 7.55. The van der Waals surface area contributed by atoms with E-state index in [-0.39, 0.29) is 35.3 Å². The first-order valence-corrected chi connectivity index (χ1v) is 12.1. The van der Waals surface area contributed by atoms with Crippen LogP contribution in [0.2, 0.25) is 0 Å². The number of hydrogen-bond acceptors (Lipinski definition) is 3. The molecule has 2 atom stereocenters. The third kappa shape index (κ3) is 3.43. The largest absolute Gasteiger partial charge is 0.435 e. The van der Waals surface area contributed by atoms with E-state index in [1.165, 1.54) is 24.3 Å². The molecule has 2 aromatic carbocycles. The number of alkyl halides is 7. The van der Waals surface area contributed by atoms with Crippen LogP contribution in [-0.4, -0.2) is 33.4 Å². The second-order valence-corrected chi connectivity index (χ2v) is 11.3. The quantitative estimate of drug-likeness (QED) is 0.489. The smallest absolute Gasteiger partial charge is 0.312 e. The lowest BCUT2D eigenvalue weighted by molar-refractivity contribution is -0.348. The van der Waals surface area contributed by atoms with Crippen LogP contribution in [0, 0.1) is 0 Å². The van der Waals surface area contributed by atoms with Gasteiger partial charge in [0.15, 0.2) is 9.84 Å². The number of aryl methyl sites for hydroxylation is 1. The molecule has 2 aliphatic rings. The Morgan fingerprint density at radius 2 is 1.55 bits per heavy atom. The molecule has 1 aliphatic heterocycles. The highest BCUT2D eigenvalue weighted by Gasteiger charge is 2.73. The monoisotopic (exact) mass is 559 g/mol. The third-order valence-electron chi connectivity index (χ3n) is 6.50. The summed E-state index contributed by atoms with van der Waals surface area (Å²) in [5.41, 5.74) is -7.12. The lowest BCUT2D eigenvalue weighted by atomic mass is 9.77. The van der Waals surface area contributed by atoms with Crippen LogP contribution in [0.15, 0.2) is 51.8 Å². The van der Waals surface area contributed by atoms with Gasteiger partial charge in [0, 0.05) is 16.1 Å². The molecular formula is C21H17BrF7NO2S. The molecule has 0 radical (unpaired) electrons. The van der Waals surface area contributed by atoms with Gasteiger partial charge in [0.1, 0.15) is 4.75 Å². The van der Waals surface area contributed by atoms with E-state index in [2.05, 4.69) is 21.2 Å². The highest BCUT2D eigenvalue weighted by Crippen LogP contribution is 2.55. The summed E-state index contributed by atoms with van der Waals surface area (Å²) in [5, 5.41) is 3.10. The van der Waals surface area contributed by atoms with E-state index in [1.807, 2.05) is 0 Å². The maximum absolute atomic E-state index is 14.6. The summed E-state index contributed by atoms with van der Waals surface area (Å²) in [6.45, 7) is 0.291. The van der Waals surface area contributed by atoms with Gasteiger partial charge >= 0.3 is 18.0 Å². The van der Waals surface area contributed by atoms with Gasteiger partial charge in [0.05, 0.1) is 4.90 Å². The van der Waals surface area contributed by atoms with E-state index >= 15 is 0 Å². The van der Waals surface area contributed by atoms with Gasteiger partial charge in [-0.2, -0.15) is 26.3 Å². The van der Waals surface area contributed by atoms with E-state index in [4.69, 9.17) is 0 Å². The van der Waals surface area contributed by atoms with Gasteiger partial charge in [-0.15, -0.1) is 0 Å². The second kappa shape index (κ2) is 7.67. The molecule has 0 amide bonds. The van der Waals surface area contributed by atoms with Crippen LogP contribution < -0.4 is 5.32 Å². The van der Waals surface area contributed by atoms with Crippen molar-refractivity contribution in [2.75, 3.05) is 6.54 Å². The van der Waals surface area contributed by atoms with Crippen LogP contribution in [0.4, 0.5) is 30.7 Å². The van der Waals surface area contributed by atoms with Gasteiger partial charge in [0.25, 0.3) is 0 Å². The average Bonchev–Trinajstić information content (AvgIpc) is 3.17. The molecule has 33 heavy (non-hydrogen) atoms. The Bertz CT molecular complexity index is 1160. The average molecular weight is 560 g/mol. The van der Waals surface area contributed by atoms with E-state index in [0.29, 0.717) is 23.2 Å². The van der Waals surface area contributed by atoms with Crippen molar-refractivity contribution in [1.82, 2.24) is 5.32 Å². The van der Waals surface area contributed by atoms with E-state index < -0.39 is 44.2 Å².